The third-order valence-corrected chi connectivity index (χ3v) is 3.82. The maximum Gasteiger partial charge on any atom is 0.120 e. The van der Waals surface area contributed by atoms with Gasteiger partial charge in [0.2, 0.25) is 0 Å². The molecule has 0 bridgehead atoms. The smallest absolute Gasteiger partial charge is 0.120 e. The third kappa shape index (κ3) is 2.36. The Labute approximate surface area is 130 Å². The highest BCUT2D eigenvalue weighted by Gasteiger charge is 2.18. The average molecular weight is 287 g/mol. The van der Waals surface area contributed by atoms with Gasteiger partial charge in [-0.2, -0.15) is 5.26 Å². The molecule has 0 saturated heterocycles. The monoisotopic (exact) mass is 287 g/mol. The molecule has 0 aliphatic heterocycles. The molecular weight excluding hydrogens is 270 g/mol. The van der Waals surface area contributed by atoms with Crippen molar-refractivity contribution in [2.24, 2.45) is 0 Å². The Balaban J connectivity index is 2.25. The van der Waals surface area contributed by atoms with Gasteiger partial charge in [0.15, 0.2) is 0 Å². The molecule has 22 heavy (non-hydrogen) atoms. The number of H-pyrrole nitrogens is 1. The topological polar surface area (TPSA) is 65.6 Å². The van der Waals surface area contributed by atoms with Crippen molar-refractivity contribution in [1.82, 2.24) is 4.98 Å². The molecular formula is C19H17N3. The maximum absolute atomic E-state index is 9.47. The van der Waals surface area contributed by atoms with Gasteiger partial charge >= 0.3 is 0 Å². The number of hydrogen-bond donors (Lipinski definition) is 2. The molecule has 3 nitrogen and oxygen atoms in total. The van der Waals surface area contributed by atoms with Crippen molar-refractivity contribution in [1.29, 1.82) is 5.26 Å². The minimum absolute atomic E-state index is 0.411. The summed E-state index contributed by atoms with van der Waals surface area (Å²) in [5.41, 5.74) is 12.7. The van der Waals surface area contributed by atoms with Crippen LogP contribution in [0.5, 0.6) is 0 Å². The second kappa shape index (κ2) is 5.42. The first kappa shape index (κ1) is 14.0. The number of aromatic nitrogens is 1. The number of nitrogens with two attached hydrogens (primary N) is 1. The molecule has 1 aromatic heterocycles. The van der Waals surface area contributed by atoms with Gasteiger partial charge in [-0.05, 0) is 25.0 Å². The van der Waals surface area contributed by atoms with Gasteiger partial charge in [-0.15, -0.1) is 0 Å². The molecule has 1 heterocycles. The molecule has 0 aliphatic rings. The number of anilines is 1. The summed E-state index contributed by atoms with van der Waals surface area (Å²) >= 11 is 0. The standard InChI is InChI=1S/C19H17N3/c1-12-3-7-14(8-4-12)17-16(11-20)19(21)22-18(17)15-9-5-13(2)6-10-15/h3-10,22H,21H2,1-2H3. The first-order chi connectivity index (χ1) is 10.6. The molecule has 0 spiro atoms. The minimum Gasteiger partial charge on any atom is -0.384 e. The number of nitrogen functional groups attached to an aromatic ring is 1. The molecule has 0 amide bonds. The van der Waals surface area contributed by atoms with E-state index in [2.05, 4.69) is 30.1 Å². The van der Waals surface area contributed by atoms with E-state index in [0.717, 1.165) is 22.4 Å². The van der Waals surface area contributed by atoms with Crippen LogP contribution in [0.4, 0.5) is 5.82 Å². The van der Waals surface area contributed by atoms with E-state index in [1.165, 1.54) is 11.1 Å². The van der Waals surface area contributed by atoms with Gasteiger partial charge in [0.25, 0.3) is 0 Å². The van der Waals surface area contributed by atoms with Crippen molar-refractivity contribution in [3.8, 4) is 28.5 Å². The normalized spacial score (nSPS) is 10.4. The molecule has 0 fully saturated rings. The van der Waals surface area contributed by atoms with Crippen molar-refractivity contribution < 1.29 is 0 Å². The van der Waals surface area contributed by atoms with Crippen LogP contribution in [-0.2, 0) is 0 Å². The number of benzene rings is 2. The second-order valence-electron chi connectivity index (χ2n) is 5.51. The fourth-order valence-electron chi connectivity index (χ4n) is 2.58. The Kier molecular flexibility index (Phi) is 3.44. The summed E-state index contributed by atoms with van der Waals surface area (Å²) in [5.74, 6) is 0.411. The molecule has 0 atom stereocenters. The van der Waals surface area contributed by atoms with Gasteiger partial charge in [-0.25, -0.2) is 0 Å². The van der Waals surface area contributed by atoms with Gasteiger partial charge in [0, 0.05) is 5.56 Å². The lowest BCUT2D eigenvalue weighted by atomic mass is 9.97. The Morgan fingerprint density at radius 3 is 1.86 bits per heavy atom. The van der Waals surface area contributed by atoms with Gasteiger partial charge < -0.3 is 10.7 Å². The maximum atomic E-state index is 9.47. The number of aromatic amines is 1. The molecule has 0 unspecified atom stereocenters. The van der Waals surface area contributed by atoms with Gasteiger partial charge in [0.1, 0.15) is 17.5 Å². The molecule has 0 radical (unpaired) electrons. The van der Waals surface area contributed by atoms with Gasteiger partial charge in [-0.3, -0.25) is 0 Å². The van der Waals surface area contributed by atoms with Crippen LogP contribution in [0.2, 0.25) is 0 Å². The fraction of sp³-hybridized carbons (Fsp3) is 0.105. The Morgan fingerprint density at radius 1 is 0.864 bits per heavy atom. The zero-order valence-electron chi connectivity index (χ0n) is 12.6. The van der Waals surface area contributed by atoms with Gasteiger partial charge in [-0.1, -0.05) is 59.7 Å². The molecule has 3 N–H and O–H groups in total. The van der Waals surface area contributed by atoms with Crippen LogP contribution in [0, 0.1) is 25.2 Å². The predicted octanol–water partition coefficient (Wildman–Crippen LogP) is 4.42. The van der Waals surface area contributed by atoms with E-state index < -0.39 is 0 Å². The van der Waals surface area contributed by atoms with Crippen molar-refractivity contribution in [3.63, 3.8) is 0 Å². The van der Waals surface area contributed by atoms with Crippen LogP contribution in [0.25, 0.3) is 22.4 Å². The summed E-state index contributed by atoms with van der Waals surface area (Å²) in [6, 6.07) is 18.5. The number of nitrogens with one attached hydrogen (secondary N) is 1. The van der Waals surface area contributed by atoms with Crippen LogP contribution in [0.3, 0.4) is 0 Å². The van der Waals surface area contributed by atoms with Crippen LogP contribution in [0.1, 0.15) is 16.7 Å². The van der Waals surface area contributed by atoms with E-state index in [1.807, 2.05) is 43.3 Å². The molecule has 2 aromatic carbocycles. The van der Waals surface area contributed by atoms with Crippen LogP contribution in [0.15, 0.2) is 48.5 Å². The lowest BCUT2D eigenvalue weighted by Crippen LogP contribution is -1.87. The summed E-state index contributed by atoms with van der Waals surface area (Å²) in [5, 5.41) is 9.47. The molecule has 0 saturated carbocycles. The van der Waals surface area contributed by atoms with Crippen molar-refractivity contribution in [2.75, 3.05) is 5.73 Å². The van der Waals surface area contributed by atoms with E-state index in [-0.39, 0.29) is 0 Å². The van der Waals surface area contributed by atoms with Crippen molar-refractivity contribution in [2.45, 2.75) is 13.8 Å². The molecule has 3 aromatic rings. The highest BCUT2D eigenvalue weighted by Crippen LogP contribution is 2.37. The average Bonchev–Trinajstić information content (AvgIpc) is 2.85. The highest BCUT2D eigenvalue weighted by molar-refractivity contribution is 5.89. The van der Waals surface area contributed by atoms with E-state index in [9.17, 15) is 5.26 Å². The SMILES string of the molecule is Cc1ccc(-c2[nH]c(N)c(C#N)c2-c2ccc(C)cc2)cc1. The molecule has 108 valence electrons. The second-order valence-corrected chi connectivity index (χ2v) is 5.51. The van der Waals surface area contributed by atoms with E-state index in [1.54, 1.807) is 0 Å². The summed E-state index contributed by atoms with van der Waals surface area (Å²) < 4.78 is 0. The Morgan fingerprint density at radius 2 is 1.36 bits per heavy atom. The molecule has 0 aliphatic carbocycles. The fourth-order valence-corrected chi connectivity index (χ4v) is 2.58. The Hall–Kier alpha value is -2.99. The first-order valence-electron chi connectivity index (χ1n) is 7.16. The van der Waals surface area contributed by atoms with Crippen LogP contribution < -0.4 is 5.73 Å². The highest BCUT2D eigenvalue weighted by atomic mass is 14.9. The molecule has 3 rings (SSSR count). The quantitative estimate of drug-likeness (QED) is 0.732. The van der Waals surface area contributed by atoms with Crippen molar-refractivity contribution >= 4 is 5.82 Å². The number of nitrogens with zero attached hydrogens (tertiary/aromatic N) is 1. The number of hydrogen-bond acceptors (Lipinski definition) is 2. The summed E-state index contributed by atoms with van der Waals surface area (Å²) in [4.78, 5) is 3.17. The lowest BCUT2D eigenvalue weighted by molar-refractivity contribution is 1.38. The summed E-state index contributed by atoms with van der Waals surface area (Å²) in [6.45, 7) is 4.09. The molecule has 3 heteroatoms. The number of aryl methyl sites for hydroxylation is 2. The van der Waals surface area contributed by atoms with Gasteiger partial charge in [0.05, 0.1) is 5.69 Å². The lowest BCUT2D eigenvalue weighted by Gasteiger charge is -2.06. The summed E-state index contributed by atoms with van der Waals surface area (Å²) in [7, 11) is 0. The zero-order valence-corrected chi connectivity index (χ0v) is 12.6. The number of rotatable bonds is 2. The Bertz CT molecular complexity index is 847. The summed E-state index contributed by atoms with van der Waals surface area (Å²) in [6.07, 6.45) is 0. The van der Waals surface area contributed by atoms with E-state index in [4.69, 9.17) is 5.73 Å². The third-order valence-electron chi connectivity index (χ3n) is 3.82. The first-order valence-corrected chi connectivity index (χ1v) is 7.16. The number of nitriles is 1. The zero-order chi connectivity index (χ0) is 15.7. The van der Waals surface area contributed by atoms with E-state index in [0.29, 0.717) is 11.4 Å². The largest absolute Gasteiger partial charge is 0.384 e. The van der Waals surface area contributed by atoms with Crippen LogP contribution in [-0.4, -0.2) is 4.98 Å². The van der Waals surface area contributed by atoms with Crippen LogP contribution >= 0.6 is 0 Å². The van der Waals surface area contributed by atoms with Crippen molar-refractivity contribution in [3.05, 3.63) is 65.2 Å². The van der Waals surface area contributed by atoms with E-state index >= 15 is 0 Å². The minimum atomic E-state index is 0.411. The predicted molar refractivity (Wildman–Crippen MR) is 90.3 cm³/mol.